The summed E-state index contributed by atoms with van der Waals surface area (Å²) in [6.07, 6.45) is 2.27. The van der Waals surface area contributed by atoms with Crippen LogP contribution in [-0.4, -0.2) is 27.7 Å². The van der Waals surface area contributed by atoms with Gasteiger partial charge in [0.1, 0.15) is 6.04 Å². The summed E-state index contributed by atoms with van der Waals surface area (Å²) in [5, 5.41) is 9.69. The lowest BCUT2D eigenvalue weighted by Crippen LogP contribution is -2.63. The van der Waals surface area contributed by atoms with E-state index in [9.17, 15) is 14.9 Å². The van der Waals surface area contributed by atoms with Crippen molar-refractivity contribution in [2.24, 2.45) is 5.92 Å². The van der Waals surface area contributed by atoms with Gasteiger partial charge in [0.2, 0.25) is 11.8 Å². The second-order valence-electron chi connectivity index (χ2n) is 7.87. The summed E-state index contributed by atoms with van der Waals surface area (Å²) >= 11 is 0. The van der Waals surface area contributed by atoms with E-state index in [-0.39, 0.29) is 24.2 Å². The quantitative estimate of drug-likeness (QED) is 0.576. The van der Waals surface area contributed by atoms with Crippen LogP contribution in [0.15, 0.2) is 79.0 Å². The van der Waals surface area contributed by atoms with Gasteiger partial charge >= 0.3 is 0 Å². The van der Waals surface area contributed by atoms with Crippen molar-refractivity contribution in [2.45, 2.75) is 31.7 Å². The summed E-state index contributed by atoms with van der Waals surface area (Å²) in [6.45, 7) is 1.89. The molecular formula is C26H23N3O2. The molecule has 1 saturated heterocycles. The van der Waals surface area contributed by atoms with Crippen molar-refractivity contribution in [3.63, 3.8) is 0 Å². The minimum absolute atomic E-state index is 0.138. The molecule has 31 heavy (non-hydrogen) atoms. The molecule has 1 aliphatic rings. The summed E-state index contributed by atoms with van der Waals surface area (Å²) in [7, 11) is 0. The Hall–Kier alpha value is -3.78. The number of rotatable bonds is 6. The smallest absolute Gasteiger partial charge is 0.236 e. The zero-order chi connectivity index (χ0) is 21.8. The highest BCUT2D eigenvalue weighted by molar-refractivity contribution is 6.03. The third-order valence-electron chi connectivity index (χ3n) is 5.81. The lowest BCUT2D eigenvalue weighted by molar-refractivity contribution is -0.163. The van der Waals surface area contributed by atoms with E-state index >= 15 is 0 Å². The number of hydrogen-bond donors (Lipinski definition) is 0. The molecule has 1 aliphatic heterocycles. The summed E-state index contributed by atoms with van der Waals surface area (Å²) in [5.41, 5.74) is 3.82. The standard InChI is InChI=1S/C26H23N3O2/c1-18-14-19(12-13-28-18)15-23-24(17-27)29(26(23)31)25(30)16-22(20-8-4-2-5-9-20)21-10-6-3-7-11-21/h2-14,22-24H,15-16H2,1H3/t23-,24-/m1/s1. The Morgan fingerprint density at radius 1 is 1.06 bits per heavy atom. The number of aromatic nitrogens is 1. The van der Waals surface area contributed by atoms with Gasteiger partial charge in [-0.2, -0.15) is 5.26 Å². The number of pyridine rings is 1. The van der Waals surface area contributed by atoms with Crippen LogP contribution in [-0.2, 0) is 16.0 Å². The van der Waals surface area contributed by atoms with Crippen LogP contribution in [0.1, 0.15) is 34.7 Å². The van der Waals surface area contributed by atoms with Crippen molar-refractivity contribution >= 4 is 11.8 Å². The number of likely N-dealkylation sites (tertiary alicyclic amines) is 1. The van der Waals surface area contributed by atoms with Gasteiger partial charge in [0.25, 0.3) is 0 Å². The van der Waals surface area contributed by atoms with E-state index in [1.165, 1.54) is 0 Å². The van der Waals surface area contributed by atoms with Gasteiger partial charge in [0, 0.05) is 24.2 Å². The van der Waals surface area contributed by atoms with Gasteiger partial charge in [-0.05, 0) is 42.2 Å². The third kappa shape index (κ3) is 4.24. The van der Waals surface area contributed by atoms with Crippen LogP contribution in [0, 0.1) is 24.2 Å². The first-order chi connectivity index (χ1) is 15.1. The zero-order valence-electron chi connectivity index (χ0n) is 17.3. The maximum Gasteiger partial charge on any atom is 0.236 e. The van der Waals surface area contributed by atoms with Crippen LogP contribution in [0.3, 0.4) is 0 Å². The van der Waals surface area contributed by atoms with Gasteiger partial charge in [-0.1, -0.05) is 60.7 Å². The Bertz CT molecular complexity index is 1080. The van der Waals surface area contributed by atoms with Crippen LogP contribution in [0.4, 0.5) is 0 Å². The fraction of sp³-hybridized carbons (Fsp3) is 0.231. The van der Waals surface area contributed by atoms with Crippen LogP contribution < -0.4 is 0 Å². The van der Waals surface area contributed by atoms with Crippen LogP contribution in [0.5, 0.6) is 0 Å². The minimum Gasteiger partial charge on any atom is -0.274 e. The van der Waals surface area contributed by atoms with Gasteiger partial charge < -0.3 is 0 Å². The van der Waals surface area contributed by atoms with E-state index < -0.39 is 12.0 Å². The minimum atomic E-state index is -0.735. The molecule has 4 rings (SSSR count). The number of aryl methyl sites for hydroxylation is 1. The first-order valence-electron chi connectivity index (χ1n) is 10.4. The molecule has 2 heterocycles. The molecule has 5 heteroatoms. The Morgan fingerprint density at radius 3 is 2.23 bits per heavy atom. The Kier molecular flexibility index (Phi) is 5.90. The Morgan fingerprint density at radius 2 is 1.68 bits per heavy atom. The lowest BCUT2D eigenvalue weighted by Gasteiger charge is -2.42. The van der Waals surface area contributed by atoms with E-state index in [0.29, 0.717) is 6.42 Å². The highest BCUT2D eigenvalue weighted by Crippen LogP contribution is 2.34. The zero-order valence-corrected chi connectivity index (χ0v) is 17.3. The van der Waals surface area contributed by atoms with Crippen LogP contribution >= 0.6 is 0 Å². The molecule has 2 amide bonds. The van der Waals surface area contributed by atoms with Crippen LogP contribution in [0.25, 0.3) is 0 Å². The average molecular weight is 409 g/mol. The molecule has 1 aromatic heterocycles. The molecule has 0 saturated carbocycles. The number of hydrogen-bond acceptors (Lipinski definition) is 4. The summed E-state index contributed by atoms with van der Waals surface area (Å²) < 4.78 is 0. The van der Waals surface area contributed by atoms with Crippen LogP contribution in [0.2, 0.25) is 0 Å². The largest absolute Gasteiger partial charge is 0.274 e. The summed E-state index contributed by atoms with van der Waals surface area (Å²) in [4.78, 5) is 31.3. The number of imide groups is 1. The molecule has 0 unspecified atom stereocenters. The number of carbonyl (C=O) groups is 2. The second kappa shape index (κ2) is 8.93. The van der Waals surface area contributed by atoms with Gasteiger partial charge in [0.05, 0.1) is 12.0 Å². The van der Waals surface area contributed by atoms with Gasteiger partial charge in [-0.3, -0.25) is 19.5 Å². The monoisotopic (exact) mass is 409 g/mol. The topological polar surface area (TPSA) is 74.1 Å². The number of nitrogens with zero attached hydrogens (tertiary/aromatic N) is 3. The van der Waals surface area contributed by atoms with Gasteiger partial charge in [-0.15, -0.1) is 0 Å². The molecule has 1 fully saturated rings. The number of benzene rings is 2. The molecule has 0 bridgehead atoms. The van der Waals surface area contributed by atoms with Gasteiger partial charge in [0.15, 0.2) is 0 Å². The normalized spacial score (nSPS) is 17.8. The van der Waals surface area contributed by atoms with E-state index in [4.69, 9.17) is 0 Å². The molecule has 2 atom stereocenters. The highest BCUT2D eigenvalue weighted by Gasteiger charge is 2.50. The van der Waals surface area contributed by atoms with Crippen molar-refractivity contribution in [1.29, 1.82) is 5.26 Å². The maximum atomic E-state index is 13.2. The average Bonchev–Trinajstić information content (AvgIpc) is 2.80. The molecule has 2 aromatic carbocycles. The molecule has 0 N–H and O–H groups in total. The first-order valence-corrected chi connectivity index (χ1v) is 10.4. The fourth-order valence-corrected chi connectivity index (χ4v) is 4.23. The molecule has 0 radical (unpaired) electrons. The van der Waals surface area contributed by atoms with E-state index in [1.807, 2.05) is 79.7 Å². The predicted octanol–water partition coefficient (Wildman–Crippen LogP) is 4.03. The number of amides is 2. The lowest BCUT2D eigenvalue weighted by atomic mass is 9.81. The highest BCUT2D eigenvalue weighted by atomic mass is 16.2. The molecule has 5 nitrogen and oxygen atoms in total. The van der Waals surface area contributed by atoms with E-state index in [2.05, 4.69) is 11.1 Å². The SMILES string of the molecule is Cc1cc(C[C@H]2C(=O)N(C(=O)CC(c3ccccc3)c3ccccc3)[C@@H]2C#N)ccn1. The molecule has 154 valence electrons. The van der Waals surface area contributed by atoms with Crippen molar-refractivity contribution in [3.8, 4) is 6.07 Å². The fourth-order valence-electron chi connectivity index (χ4n) is 4.23. The van der Waals surface area contributed by atoms with Crippen molar-refractivity contribution < 1.29 is 9.59 Å². The number of nitriles is 1. The van der Waals surface area contributed by atoms with Gasteiger partial charge in [-0.25, -0.2) is 0 Å². The van der Waals surface area contributed by atoms with Crippen molar-refractivity contribution in [1.82, 2.24) is 9.88 Å². The summed E-state index contributed by atoms with van der Waals surface area (Å²) in [6, 6.07) is 24.8. The predicted molar refractivity (Wildman–Crippen MR) is 117 cm³/mol. The molecular weight excluding hydrogens is 386 g/mol. The molecule has 0 aliphatic carbocycles. The Labute approximate surface area is 182 Å². The molecule has 3 aromatic rings. The maximum absolute atomic E-state index is 13.2. The number of carbonyl (C=O) groups excluding carboxylic acids is 2. The summed E-state index contributed by atoms with van der Waals surface area (Å²) in [5.74, 6) is -1.26. The van der Waals surface area contributed by atoms with E-state index in [0.717, 1.165) is 27.3 Å². The second-order valence-corrected chi connectivity index (χ2v) is 7.87. The molecule has 0 spiro atoms. The number of β-lactam (4-membered cyclic amide) rings is 1. The van der Waals surface area contributed by atoms with Crippen molar-refractivity contribution in [2.75, 3.05) is 0 Å². The third-order valence-corrected chi connectivity index (χ3v) is 5.81. The van der Waals surface area contributed by atoms with E-state index in [1.54, 1.807) is 6.20 Å². The van der Waals surface area contributed by atoms with Crippen molar-refractivity contribution in [3.05, 3.63) is 101 Å². The Balaban J connectivity index is 1.53. The first kappa shape index (κ1) is 20.5.